The van der Waals surface area contributed by atoms with Gasteiger partial charge in [0, 0.05) is 19.6 Å². The minimum atomic E-state index is -4.25. The largest absolute Gasteiger partial charge is 0.472 e. The quantitative estimate of drug-likeness (QED) is 0.0479. The Hall–Kier alpha value is -0.500. The molecule has 0 aromatic heterocycles. The molecule has 0 bridgehead atoms. The molecule has 0 aliphatic heterocycles. The average Bonchev–Trinajstić information content (AvgIpc) is 2.92. The van der Waals surface area contributed by atoms with E-state index < -0.39 is 13.9 Å². The van der Waals surface area contributed by atoms with Crippen molar-refractivity contribution in [2.75, 3.05) is 33.0 Å². The van der Waals surface area contributed by atoms with Gasteiger partial charge in [-0.15, -0.1) is 0 Å². The van der Waals surface area contributed by atoms with Gasteiger partial charge in [-0.1, -0.05) is 129 Å². The Kier molecular flexibility index (Phi) is 28.6. The van der Waals surface area contributed by atoms with Crippen LogP contribution in [0.5, 0.6) is 0 Å². The highest BCUT2D eigenvalue weighted by Gasteiger charge is 2.25. The molecule has 0 fully saturated rings. The molecule has 0 radical (unpaired) electrons. The van der Waals surface area contributed by atoms with Crippen molar-refractivity contribution in [1.82, 2.24) is 0 Å². The molecule has 3 N–H and O–H groups in total. The maximum Gasteiger partial charge on any atom is 0.472 e. The van der Waals surface area contributed by atoms with Crippen molar-refractivity contribution in [3.8, 4) is 0 Å². The van der Waals surface area contributed by atoms with Crippen LogP contribution in [-0.2, 0) is 27.9 Å². The number of unbranched alkanes of at least 4 members (excludes halogenated alkanes) is 18. The lowest BCUT2D eigenvalue weighted by atomic mass is 10.0. The standard InChI is InChI=1S/C30H62NO7P/c1-3-5-7-9-11-12-13-14-15-16-17-18-19-21-23-30(32)38-29(28-37-39(33,34)36-26-24-31)27-35-25-22-20-10-8-6-4-2/h29H,3-28,31H2,1-2H3,(H,33,34). The van der Waals surface area contributed by atoms with Gasteiger partial charge in [0.05, 0.1) is 19.8 Å². The third kappa shape index (κ3) is 28.8. The number of hydrogen-bond donors (Lipinski definition) is 2. The van der Waals surface area contributed by atoms with Crippen molar-refractivity contribution in [2.45, 2.75) is 155 Å². The number of phosphoric ester groups is 1. The van der Waals surface area contributed by atoms with Gasteiger partial charge in [-0.3, -0.25) is 13.8 Å². The molecule has 0 aromatic carbocycles. The summed E-state index contributed by atoms with van der Waals surface area (Å²) in [5, 5.41) is 0. The summed E-state index contributed by atoms with van der Waals surface area (Å²) in [6.07, 6.45) is 24.1. The van der Waals surface area contributed by atoms with E-state index in [1.165, 1.54) is 96.3 Å². The van der Waals surface area contributed by atoms with E-state index >= 15 is 0 Å². The Labute approximate surface area is 240 Å². The molecule has 39 heavy (non-hydrogen) atoms. The summed E-state index contributed by atoms with van der Waals surface area (Å²) < 4.78 is 33.0. The van der Waals surface area contributed by atoms with E-state index in [0.29, 0.717) is 13.0 Å². The van der Waals surface area contributed by atoms with E-state index in [9.17, 15) is 14.3 Å². The van der Waals surface area contributed by atoms with Crippen molar-refractivity contribution in [2.24, 2.45) is 5.73 Å². The molecule has 8 nitrogen and oxygen atoms in total. The first-order valence-electron chi connectivity index (χ1n) is 16.0. The Morgan fingerprint density at radius 3 is 1.62 bits per heavy atom. The minimum absolute atomic E-state index is 0.0914. The van der Waals surface area contributed by atoms with Gasteiger partial charge in [0.15, 0.2) is 0 Å². The van der Waals surface area contributed by atoms with Crippen LogP contribution in [0.3, 0.4) is 0 Å². The highest BCUT2D eigenvalue weighted by molar-refractivity contribution is 7.47. The number of ether oxygens (including phenoxy) is 2. The van der Waals surface area contributed by atoms with Gasteiger partial charge in [0.1, 0.15) is 6.10 Å². The zero-order valence-electron chi connectivity index (χ0n) is 25.4. The third-order valence-corrected chi connectivity index (χ3v) is 7.76. The van der Waals surface area contributed by atoms with Crippen LogP contribution >= 0.6 is 7.82 Å². The second kappa shape index (κ2) is 29.0. The van der Waals surface area contributed by atoms with Crippen LogP contribution in [0.15, 0.2) is 0 Å². The van der Waals surface area contributed by atoms with Crippen LogP contribution < -0.4 is 5.73 Å². The lowest BCUT2D eigenvalue weighted by Crippen LogP contribution is -2.28. The predicted octanol–water partition coefficient (Wildman–Crippen LogP) is 8.24. The minimum Gasteiger partial charge on any atom is -0.457 e. The van der Waals surface area contributed by atoms with E-state index in [0.717, 1.165) is 32.1 Å². The topological polar surface area (TPSA) is 117 Å². The molecule has 0 saturated heterocycles. The van der Waals surface area contributed by atoms with Gasteiger partial charge in [0.25, 0.3) is 0 Å². The number of nitrogens with two attached hydrogens (primary N) is 1. The fraction of sp³-hybridized carbons (Fsp3) is 0.967. The second-order valence-electron chi connectivity index (χ2n) is 10.7. The van der Waals surface area contributed by atoms with Crippen molar-refractivity contribution >= 4 is 13.8 Å². The first-order valence-corrected chi connectivity index (χ1v) is 17.5. The number of carbonyl (C=O) groups excluding carboxylic acids is 1. The van der Waals surface area contributed by atoms with Gasteiger partial charge in [-0.05, 0) is 12.8 Å². The summed E-state index contributed by atoms with van der Waals surface area (Å²) in [6, 6.07) is 0. The van der Waals surface area contributed by atoms with Crippen molar-refractivity contribution < 1.29 is 32.8 Å². The SMILES string of the molecule is CCCCCCCCCCCCCCCCC(=O)OC(COCCCCCCCC)COP(=O)(O)OCCN. The molecule has 2 unspecified atom stereocenters. The Balaban J connectivity index is 4.05. The molecule has 0 aliphatic carbocycles. The van der Waals surface area contributed by atoms with Crippen LogP contribution in [-0.4, -0.2) is 49.9 Å². The first-order chi connectivity index (χ1) is 18.9. The molecule has 0 aliphatic rings. The highest BCUT2D eigenvalue weighted by atomic mass is 31.2. The number of carbonyl (C=O) groups is 1. The fourth-order valence-corrected chi connectivity index (χ4v) is 5.17. The zero-order chi connectivity index (χ0) is 28.9. The van der Waals surface area contributed by atoms with Gasteiger partial charge in [-0.25, -0.2) is 4.57 Å². The molecule has 0 rings (SSSR count). The predicted molar refractivity (Wildman–Crippen MR) is 160 cm³/mol. The lowest BCUT2D eigenvalue weighted by Gasteiger charge is -2.20. The normalized spacial score (nSPS) is 13.8. The second-order valence-corrected chi connectivity index (χ2v) is 12.1. The summed E-state index contributed by atoms with van der Waals surface area (Å²) in [5.74, 6) is -0.332. The zero-order valence-corrected chi connectivity index (χ0v) is 26.3. The van der Waals surface area contributed by atoms with Gasteiger partial charge >= 0.3 is 13.8 Å². The fourth-order valence-electron chi connectivity index (χ4n) is 4.41. The summed E-state index contributed by atoms with van der Waals surface area (Å²) in [7, 11) is -4.25. The summed E-state index contributed by atoms with van der Waals surface area (Å²) in [4.78, 5) is 22.2. The number of rotatable bonds is 31. The smallest absolute Gasteiger partial charge is 0.457 e. The number of phosphoric acid groups is 1. The molecular formula is C30H62NO7P. The molecule has 234 valence electrons. The van der Waals surface area contributed by atoms with Crippen LogP contribution in [0.25, 0.3) is 0 Å². The maximum atomic E-state index is 12.4. The summed E-state index contributed by atoms with van der Waals surface area (Å²) in [6.45, 7) is 4.88. The number of hydrogen-bond acceptors (Lipinski definition) is 7. The lowest BCUT2D eigenvalue weighted by molar-refractivity contribution is -0.154. The van der Waals surface area contributed by atoms with E-state index in [1.54, 1.807) is 0 Å². The van der Waals surface area contributed by atoms with Crippen molar-refractivity contribution in [1.29, 1.82) is 0 Å². The van der Waals surface area contributed by atoms with Gasteiger partial charge in [0.2, 0.25) is 0 Å². The van der Waals surface area contributed by atoms with E-state index in [2.05, 4.69) is 13.8 Å². The molecule has 0 heterocycles. The average molecular weight is 580 g/mol. The molecule has 0 spiro atoms. The van der Waals surface area contributed by atoms with Gasteiger partial charge < -0.3 is 20.1 Å². The molecule has 0 aromatic rings. The maximum absolute atomic E-state index is 12.4. The van der Waals surface area contributed by atoms with Crippen LogP contribution in [0.2, 0.25) is 0 Å². The van der Waals surface area contributed by atoms with E-state index in [-0.39, 0.29) is 32.3 Å². The Morgan fingerprint density at radius 1 is 0.667 bits per heavy atom. The van der Waals surface area contributed by atoms with Crippen molar-refractivity contribution in [3.63, 3.8) is 0 Å². The summed E-state index contributed by atoms with van der Waals surface area (Å²) in [5.41, 5.74) is 5.31. The van der Waals surface area contributed by atoms with Crippen molar-refractivity contribution in [3.05, 3.63) is 0 Å². The third-order valence-electron chi connectivity index (χ3n) is 6.77. The Morgan fingerprint density at radius 2 is 1.13 bits per heavy atom. The molecule has 0 saturated carbocycles. The molecular weight excluding hydrogens is 517 g/mol. The summed E-state index contributed by atoms with van der Waals surface area (Å²) >= 11 is 0. The number of esters is 1. The van der Waals surface area contributed by atoms with Crippen LogP contribution in [0, 0.1) is 0 Å². The molecule has 0 amide bonds. The first kappa shape index (κ1) is 38.5. The monoisotopic (exact) mass is 579 g/mol. The Bertz CT molecular complexity index is 580. The highest BCUT2D eigenvalue weighted by Crippen LogP contribution is 2.43. The van der Waals surface area contributed by atoms with Crippen LogP contribution in [0.1, 0.15) is 149 Å². The molecule has 9 heteroatoms. The van der Waals surface area contributed by atoms with Gasteiger partial charge in [-0.2, -0.15) is 0 Å². The van der Waals surface area contributed by atoms with E-state index in [1.807, 2.05) is 0 Å². The van der Waals surface area contributed by atoms with E-state index in [4.69, 9.17) is 24.3 Å². The molecule has 2 atom stereocenters. The van der Waals surface area contributed by atoms with Crippen LogP contribution in [0.4, 0.5) is 0 Å².